The molecule has 2 aromatic heterocycles. The van der Waals surface area contributed by atoms with Crippen LogP contribution >= 0.6 is 0 Å². The second-order valence-corrected chi connectivity index (χ2v) is 6.29. The lowest BCUT2D eigenvalue weighted by Crippen LogP contribution is -2.07. The van der Waals surface area contributed by atoms with Crippen LogP contribution in [0.15, 0.2) is 91.5 Å². The molecule has 0 fully saturated rings. The van der Waals surface area contributed by atoms with Gasteiger partial charge in [-0.3, -0.25) is 9.48 Å². The minimum absolute atomic E-state index is 0.216. The van der Waals surface area contributed by atoms with Gasteiger partial charge in [-0.15, -0.1) is 0 Å². The van der Waals surface area contributed by atoms with Crippen molar-refractivity contribution in [2.45, 2.75) is 6.54 Å². The zero-order chi connectivity index (χ0) is 19.2. The summed E-state index contributed by atoms with van der Waals surface area (Å²) in [5, 5.41) is 11.4. The van der Waals surface area contributed by atoms with Gasteiger partial charge in [0.1, 0.15) is 0 Å². The molecule has 1 N–H and O–H groups in total. The normalized spacial score (nSPS) is 11.0. The van der Waals surface area contributed by atoms with Crippen molar-refractivity contribution >= 4 is 17.7 Å². The Bertz CT molecular complexity index is 1080. The lowest BCUT2D eigenvalue weighted by Gasteiger charge is -2.01. The third kappa shape index (κ3) is 4.42. The van der Waals surface area contributed by atoms with E-state index in [0.29, 0.717) is 12.2 Å². The van der Waals surface area contributed by atoms with Crippen LogP contribution < -0.4 is 5.32 Å². The Morgan fingerprint density at radius 1 is 0.929 bits per heavy atom. The Kier molecular flexibility index (Phi) is 5.11. The molecule has 2 heterocycles. The fourth-order valence-corrected chi connectivity index (χ4v) is 2.79. The third-order valence-corrected chi connectivity index (χ3v) is 4.14. The van der Waals surface area contributed by atoms with Crippen molar-refractivity contribution in [1.82, 2.24) is 19.6 Å². The van der Waals surface area contributed by atoms with Crippen LogP contribution in [-0.4, -0.2) is 25.5 Å². The first-order valence-corrected chi connectivity index (χ1v) is 8.92. The molecule has 6 heteroatoms. The molecule has 138 valence electrons. The van der Waals surface area contributed by atoms with E-state index in [-0.39, 0.29) is 5.91 Å². The molecular weight excluding hydrogens is 350 g/mol. The maximum atomic E-state index is 12.2. The van der Waals surface area contributed by atoms with Crippen molar-refractivity contribution in [3.63, 3.8) is 0 Å². The van der Waals surface area contributed by atoms with Gasteiger partial charge in [-0.25, -0.2) is 4.68 Å². The molecule has 0 bridgehead atoms. The molecule has 1 amide bonds. The van der Waals surface area contributed by atoms with Crippen LogP contribution in [0.5, 0.6) is 0 Å². The number of para-hydroxylation sites is 1. The highest BCUT2D eigenvalue weighted by molar-refractivity contribution is 6.01. The van der Waals surface area contributed by atoms with Crippen molar-refractivity contribution < 1.29 is 4.79 Å². The highest BCUT2D eigenvalue weighted by Gasteiger charge is 2.03. The molecule has 6 nitrogen and oxygen atoms in total. The summed E-state index contributed by atoms with van der Waals surface area (Å²) < 4.78 is 3.56. The maximum absolute atomic E-state index is 12.2. The molecule has 0 radical (unpaired) electrons. The van der Waals surface area contributed by atoms with Crippen LogP contribution in [0.2, 0.25) is 0 Å². The number of aromatic nitrogens is 4. The second-order valence-electron chi connectivity index (χ2n) is 6.29. The van der Waals surface area contributed by atoms with Gasteiger partial charge in [-0.2, -0.15) is 10.2 Å². The molecule has 0 aliphatic carbocycles. The highest BCUT2D eigenvalue weighted by atomic mass is 16.1. The van der Waals surface area contributed by atoms with E-state index in [1.54, 1.807) is 27.8 Å². The van der Waals surface area contributed by atoms with Crippen molar-refractivity contribution in [1.29, 1.82) is 0 Å². The van der Waals surface area contributed by atoms with Crippen LogP contribution in [0, 0.1) is 0 Å². The van der Waals surface area contributed by atoms with Crippen LogP contribution in [-0.2, 0) is 11.3 Å². The van der Waals surface area contributed by atoms with Crippen LogP contribution in [0.3, 0.4) is 0 Å². The van der Waals surface area contributed by atoms with E-state index in [1.165, 1.54) is 6.08 Å². The van der Waals surface area contributed by atoms with Gasteiger partial charge in [0.15, 0.2) is 0 Å². The average Bonchev–Trinajstić information content (AvgIpc) is 3.38. The van der Waals surface area contributed by atoms with E-state index >= 15 is 0 Å². The quantitative estimate of drug-likeness (QED) is 0.526. The van der Waals surface area contributed by atoms with E-state index in [0.717, 1.165) is 16.8 Å². The number of benzene rings is 2. The summed E-state index contributed by atoms with van der Waals surface area (Å²) in [6, 6.07) is 19.9. The predicted molar refractivity (Wildman–Crippen MR) is 109 cm³/mol. The number of hydrogen-bond acceptors (Lipinski definition) is 3. The van der Waals surface area contributed by atoms with E-state index in [1.807, 2.05) is 73.1 Å². The van der Waals surface area contributed by atoms with Gasteiger partial charge in [-0.1, -0.05) is 48.5 Å². The summed E-state index contributed by atoms with van der Waals surface area (Å²) in [6.45, 7) is 0.658. The van der Waals surface area contributed by atoms with Crippen LogP contribution in [0.1, 0.15) is 11.1 Å². The predicted octanol–water partition coefficient (Wildman–Crippen LogP) is 3.77. The van der Waals surface area contributed by atoms with Crippen LogP contribution in [0.4, 0.5) is 5.69 Å². The number of amides is 1. The van der Waals surface area contributed by atoms with Gasteiger partial charge < -0.3 is 5.32 Å². The monoisotopic (exact) mass is 369 g/mol. The topological polar surface area (TPSA) is 64.7 Å². The third-order valence-electron chi connectivity index (χ3n) is 4.14. The Labute approximate surface area is 162 Å². The highest BCUT2D eigenvalue weighted by Crippen LogP contribution is 2.10. The van der Waals surface area contributed by atoms with E-state index in [2.05, 4.69) is 15.5 Å². The van der Waals surface area contributed by atoms with Gasteiger partial charge in [0.2, 0.25) is 5.91 Å². The van der Waals surface area contributed by atoms with Gasteiger partial charge >= 0.3 is 0 Å². The van der Waals surface area contributed by atoms with E-state index in [4.69, 9.17) is 0 Å². The molecule has 0 aliphatic heterocycles. The Morgan fingerprint density at radius 2 is 1.68 bits per heavy atom. The molecule has 0 saturated carbocycles. The van der Waals surface area contributed by atoms with Crippen molar-refractivity contribution in [2.75, 3.05) is 5.32 Å². The number of carbonyl (C=O) groups is 1. The average molecular weight is 369 g/mol. The minimum Gasteiger partial charge on any atom is -0.320 e. The molecule has 0 aliphatic rings. The summed E-state index contributed by atoms with van der Waals surface area (Å²) >= 11 is 0. The van der Waals surface area contributed by atoms with Crippen LogP contribution in [0.25, 0.3) is 11.8 Å². The van der Waals surface area contributed by atoms with Crippen molar-refractivity contribution in [3.8, 4) is 5.69 Å². The molecule has 0 saturated heterocycles. The Hall–Kier alpha value is -3.93. The number of nitrogens with zero attached hydrogens (tertiary/aromatic N) is 4. The minimum atomic E-state index is -0.216. The van der Waals surface area contributed by atoms with Crippen molar-refractivity contribution in [3.05, 3.63) is 103 Å². The lowest BCUT2D eigenvalue weighted by atomic mass is 10.2. The van der Waals surface area contributed by atoms with E-state index < -0.39 is 0 Å². The summed E-state index contributed by atoms with van der Waals surface area (Å²) in [4.78, 5) is 12.2. The Morgan fingerprint density at radius 3 is 2.46 bits per heavy atom. The summed E-state index contributed by atoms with van der Waals surface area (Å²) in [7, 11) is 0. The number of anilines is 1. The summed E-state index contributed by atoms with van der Waals surface area (Å²) in [5.41, 5.74) is 3.63. The maximum Gasteiger partial charge on any atom is 0.248 e. The molecule has 2 aromatic carbocycles. The summed E-state index contributed by atoms with van der Waals surface area (Å²) in [6.07, 6.45) is 10.3. The zero-order valence-electron chi connectivity index (χ0n) is 15.1. The number of rotatable bonds is 6. The van der Waals surface area contributed by atoms with Gasteiger partial charge in [-0.05, 0) is 23.8 Å². The fraction of sp³-hybridized carbons (Fsp3) is 0.0455. The fourth-order valence-electron chi connectivity index (χ4n) is 2.79. The molecule has 28 heavy (non-hydrogen) atoms. The van der Waals surface area contributed by atoms with Gasteiger partial charge in [0.25, 0.3) is 0 Å². The number of nitrogens with one attached hydrogen (secondary N) is 1. The smallest absolute Gasteiger partial charge is 0.248 e. The van der Waals surface area contributed by atoms with Gasteiger partial charge in [0.05, 0.1) is 30.3 Å². The Balaban J connectivity index is 1.35. The second kappa shape index (κ2) is 8.18. The lowest BCUT2D eigenvalue weighted by molar-refractivity contribution is -0.111. The molecule has 0 atom stereocenters. The SMILES string of the molecule is O=C(/C=C/c1cnn(-c2ccccc2)c1)Nc1cnn(Cc2ccccc2)c1. The molecule has 4 rings (SSSR count). The number of hydrogen-bond donors (Lipinski definition) is 1. The van der Waals surface area contributed by atoms with Crippen molar-refractivity contribution in [2.24, 2.45) is 0 Å². The zero-order valence-corrected chi connectivity index (χ0v) is 15.1. The molecular formula is C22H19N5O. The first-order valence-electron chi connectivity index (χ1n) is 8.92. The van der Waals surface area contributed by atoms with E-state index in [9.17, 15) is 4.79 Å². The molecule has 0 unspecified atom stereocenters. The first-order chi connectivity index (χ1) is 13.8. The molecule has 4 aromatic rings. The number of carbonyl (C=O) groups excluding carboxylic acids is 1. The summed E-state index contributed by atoms with van der Waals surface area (Å²) in [5.74, 6) is -0.216. The first kappa shape index (κ1) is 17.5. The van der Waals surface area contributed by atoms with Gasteiger partial charge in [0, 0.05) is 24.0 Å². The largest absolute Gasteiger partial charge is 0.320 e. The standard InChI is InChI=1S/C22H19N5O/c28-22(12-11-19-13-24-27(16-19)21-9-5-2-6-10-21)25-20-14-23-26(17-20)15-18-7-3-1-4-8-18/h1-14,16-17H,15H2,(H,25,28)/b12-11+. The molecule has 0 spiro atoms.